The summed E-state index contributed by atoms with van der Waals surface area (Å²) in [5.41, 5.74) is 1.12. The zero-order valence-corrected chi connectivity index (χ0v) is 15.2. The number of fused-ring (bicyclic) bond motifs is 1. The van der Waals surface area contributed by atoms with Crippen molar-refractivity contribution in [3.05, 3.63) is 45.8 Å². The topological polar surface area (TPSA) is 95.9 Å². The highest BCUT2D eigenvalue weighted by atomic mass is 32.1. The van der Waals surface area contributed by atoms with Crippen LogP contribution in [0.4, 0.5) is 5.00 Å². The first-order valence-corrected chi connectivity index (χ1v) is 8.81. The third-order valence-corrected chi connectivity index (χ3v) is 5.43. The first-order chi connectivity index (χ1) is 12.4. The minimum atomic E-state index is -1.09. The fraction of sp³-hybridized carbons (Fsp3) is 0.278. The van der Waals surface area contributed by atoms with E-state index < -0.39 is 11.9 Å². The van der Waals surface area contributed by atoms with Gasteiger partial charge in [0, 0.05) is 18.3 Å². The van der Waals surface area contributed by atoms with E-state index in [9.17, 15) is 19.5 Å². The van der Waals surface area contributed by atoms with Crippen molar-refractivity contribution in [3.8, 4) is 5.75 Å². The van der Waals surface area contributed by atoms with Crippen molar-refractivity contribution < 1.29 is 24.2 Å². The molecule has 0 bridgehead atoms. The number of hydrogen-bond donors (Lipinski definition) is 2. The molecule has 1 aliphatic rings. The predicted octanol–water partition coefficient (Wildman–Crippen LogP) is 2.61. The quantitative estimate of drug-likeness (QED) is 0.858. The van der Waals surface area contributed by atoms with Crippen molar-refractivity contribution >= 4 is 34.1 Å². The highest BCUT2D eigenvalue weighted by Gasteiger charge is 2.29. The van der Waals surface area contributed by atoms with Crippen LogP contribution in [0.1, 0.15) is 38.1 Å². The Balaban J connectivity index is 1.94. The summed E-state index contributed by atoms with van der Waals surface area (Å²) in [5, 5.41) is 12.6. The third kappa shape index (κ3) is 3.28. The van der Waals surface area contributed by atoms with Crippen LogP contribution in [-0.4, -0.2) is 41.4 Å². The number of methoxy groups -OCH3 is 1. The molecule has 0 radical (unpaired) electrons. The molecule has 1 aliphatic heterocycles. The van der Waals surface area contributed by atoms with Crippen LogP contribution in [0.15, 0.2) is 24.3 Å². The van der Waals surface area contributed by atoms with Gasteiger partial charge >= 0.3 is 5.97 Å². The molecule has 0 aliphatic carbocycles. The number of aromatic carboxylic acids is 1. The number of nitrogens with zero attached hydrogens (tertiary/aromatic N) is 1. The summed E-state index contributed by atoms with van der Waals surface area (Å²) in [4.78, 5) is 38.4. The molecule has 0 fully saturated rings. The van der Waals surface area contributed by atoms with Gasteiger partial charge in [-0.25, -0.2) is 4.79 Å². The lowest BCUT2D eigenvalue weighted by molar-refractivity contribution is -0.129. The molecule has 0 saturated carbocycles. The summed E-state index contributed by atoms with van der Waals surface area (Å²) in [5.74, 6) is -1.17. The average molecular weight is 374 g/mol. The number of amides is 2. The van der Waals surface area contributed by atoms with Gasteiger partial charge in [0.05, 0.1) is 24.8 Å². The normalized spacial score (nSPS) is 13.1. The van der Waals surface area contributed by atoms with Crippen LogP contribution in [0.25, 0.3) is 0 Å². The van der Waals surface area contributed by atoms with Crippen LogP contribution in [-0.2, 0) is 17.8 Å². The second kappa shape index (κ2) is 7.17. The first-order valence-electron chi connectivity index (χ1n) is 8.00. The van der Waals surface area contributed by atoms with Crippen LogP contribution in [0.3, 0.4) is 0 Å². The second-order valence-electron chi connectivity index (χ2n) is 5.86. The van der Waals surface area contributed by atoms with Gasteiger partial charge in [-0.05, 0) is 24.1 Å². The zero-order valence-electron chi connectivity index (χ0n) is 14.4. The molecule has 0 unspecified atom stereocenters. The number of para-hydroxylation sites is 1. The van der Waals surface area contributed by atoms with Crippen molar-refractivity contribution in [1.82, 2.24) is 4.90 Å². The highest BCUT2D eigenvalue weighted by molar-refractivity contribution is 7.17. The smallest absolute Gasteiger partial charge is 0.339 e. The molecule has 3 rings (SSSR count). The molecule has 2 heterocycles. The summed E-state index contributed by atoms with van der Waals surface area (Å²) in [6, 6.07) is 6.73. The van der Waals surface area contributed by atoms with Crippen LogP contribution in [0.5, 0.6) is 5.75 Å². The Morgan fingerprint density at radius 3 is 2.65 bits per heavy atom. The number of thiophene rings is 1. The molecule has 8 heteroatoms. The predicted molar refractivity (Wildman–Crippen MR) is 97.0 cm³/mol. The van der Waals surface area contributed by atoms with Crippen molar-refractivity contribution in [2.75, 3.05) is 19.0 Å². The van der Waals surface area contributed by atoms with Crippen LogP contribution < -0.4 is 10.1 Å². The van der Waals surface area contributed by atoms with E-state index in [0.29, 0.717) is 36.4 Å². The maximum absolute atomic E-state index is 12.6. The number of hydrogen-bond acceptors (Lipinski definition) is 5. The lowest BCUT2D eigenvalue weighted by Crippen LogP contribution is -2.33. The molecule has 2 amide bonds. The first kappa shape index (κ1) is 17.9. The molecule has 136 valence electrons. The van der Waals surface area contributed by atoms with Gasteiger partial charge in [0.25, 0.3) is 5.91 Å². The molecular formula is C18H18N2O5S. The van der Waals surface area contributed by atoms with Crippen molar-refractivity contribution in [2.45, 2.75) is 19.9 Å². The van der Waals surface area contributed by atoms with E-state index in [0.717, 1.165) is 4.88 Å². The summed E-state index contributed by atoms with van der Waals surface area (Å²) >= 11 is 1.20. The number of ether oxygens (including phenoxy) is 1. The number of carboxylic acid groups (broad SMARTS) is 1. The van der Waals surface area contributed by atoms with Crippen molar-refractivity contribution in [3.63, 3.8) is 0 Å². The Kier molecular flexibility index (Phi) is 4.94. The van der Waals surface area contributed by atoms with E-state index >= 15 is 0 Å². The molecule has 0 spiro atoms. The van der Waals surface area contributed by atoms with Gasteiger partial charge < -0.3 is 20.1 Å². The van der Waals surface area contributed by atoms with E-state index in [-0.39, 0.29) is 16.5 Å². The lowest BCUT2D eigenvalue weighted by atomic mass is 10.0. The second-order valence-corrected chi connectivity index (χ2v) is 6.96. The van der Waals surface area contributed by atoms with Gasteiger partial charge in [0.15, 0.2) is 0 Å². The van der Waals surface area contributed by atoms with E-state index in [1.54, 1.807) is 29.2 Å². The monoisotopic (exact) mass is 374 g/mol. The number of rotatable bonds is 4. The fourth-order valence-electron chi connectivity index (χ4n) is 2.99. The number of carbonyl (C=O) groups excluding carboxylic acids is 2. The number of carbonyl (C=O) groups is 3. The minimum Gasteiger partial charge on any atom is -0.496 e. The number of carboxylic acids is 1. The average Bonchev–Trinajstić information content (AvgIpc) is 2.98. The van der Waals surface area contributed by atoms with Gasteiger partial charge in [-0.1, -0.05) is 12.1 Å². The molecule has 1 aromatic carbocycles. The van der Waals surface area contributed by atoms with E-state index in [2.05, 4.69) is 5.32 Å². The SMILES string of the molecule is COc1ccccc1C(=O)Nc1sc2c(c1C(=O)O)CCN(C(C)=O)C2. The Morgan fingerprint density at radius 1 is 1.27 bits per heavy atom. The van der Waals surface area contributed by atoms with Gasteiger partial charge in [-0.15, -0.1) is 11.3 Å². The maximum atomic E-state index is 12.6. The molecule has 2 N–H and O–H groups in total. The summed E-state index contributed by atoms with van der Waals surface area (Å²) in [6.45, 7) is 2.32. The van der Waals surface area contributed by atoms with Gasteiger partial charge in [-0.3, -0.25) is 9.59 Å². The van der Waals surface area contributed by atoms with E-state index in [1.807, 2.05) is 0 Å². The maximum Gasteiger partial charge on any atom is 0.339 e. The van der Waals surface area contributed by atoms with Gasteiger partial charge in [-0.2, -0.15) is 0 Å². The Labute approximate surface area is 154 Å². The molecule has 1 aromatic heterocycles. The third-order valence-electron chi connectivity index (χ3n) is 4.29. The number of nitrogens with one attached hydrogen (secondary N) is 1. The Bertz CT molecular complexity index is 890. The molecule has 7 nitrogen and oxygen atoms in total. The van der Waals surface area contributed by atoms with Crippen LogP contribution in [0, 0.1) is 0 Å². The Hall–Kier alpha value is -2.87. The van der Waals surface area contributed by atoms with Crippen molar-refractivity contribution in [1.29, 1.82) is 0 Å². The van der Waals surface area contributed by atoms with Crippen molar-refractivity contribution in [2.24, 2.45) is 0 Å². The lowest BCUT2D eigenvalue weighted by Gasteiger charge is -2.25. The standard InChI is InChI=1S/C18H18N2O5S/c1-10(21)20-8-7-12-14(9-20)26-17(15(12)18(23)24)19-16(22)11-5-3-4-6-13(11)25-2/h3-6H,7-9H2,1-2H3,(H,19,22)(H,23,24). The van der Waals surface area contributed by atoms with Crippen LogP contribution in [0.2, 0.25) is 0 Å². The molecule has 26 heavy (non-hydrogen) atoms. The summed E-state index contributed by atoms with van der Waals surface area (Å²) < 4.78 is 5.19. The Morgan fingerprint density at radius 2 is 2.00 bits per heavy atom. The fourth-order valence-corrected chi connectivity index (χ4v) is 4.24. The highest BCUT2D eigenvalue weighted by Crippen LogP contribution is 2.37. The minimum absolute atomic E-state index is 0.0551. The largest absolute Gasteiger partial charge is 0.496 e. The van der Waals surface area contributed by atoms with E-state index in [1.165, 1.54) is 25.4 Å². The zero-order chi connectivity index (χ0) is 18.8. The van der Waals surface area contributed by atoms with Gasteiger partial charge in [0.1, 0.15) is 10.8 Å². The summed E-state index contributed by atoms with van der Waals surface area (Å²) in [7, 11) is 1.47. The summed E-state index contributed by atoms with van der Waals surface area (Å²) in [6.07, 6.45) is 0.456. The van der Waals surface area contributed by atoms with E-state index in [4.69, 9.17) is 4.74 Å². The number of anilines is 1. The molecule has 0 atom stereocenters. The van der Waals surface area contributed by atoms with Crippen LogP contribution >= 0.6 is 11.3 Å². The number of benzene rings is 1. The molecule has 0 saturated heterocycles. The van der Waals surface area contributed by atoms with Gasteiger partial charge in [0.2, 0.25) is 5.91 Å². The molecular weight excluding hydrogens is 356 g/mol. The molecule has 2 aromatic rings.